The van der Waals surface area contributed by atoms with Gasteiger partial charge in [0.05, 0.1) is 5.69 Å². The van der Waals surface area contributed by atoms with E-state index in [1.807, 2.05) is 0 Å². The number of amides is 1. The fraction of sp³-hybridized carbons (Fsp3) is 0.214. The quantitative estimate of drug-likeness (QED) is 0.182. The number of carbonyl (C=O) groups excluding carboxylic acids is 1. The van der Waals surface area contributed by atoms with E-state index in [1.54, 1.807) is 63.6 Å². The minimum absolute atomic E-state index is 0.00518. The zero-order valence-corrected chi connectivity index (χ0v) is 22.5. The summed E-state index contributed by atoms with van der Waals surface area (Å²) < 4.78 is 45.2. The summed E-state index contributed by atoms with van der Waals surface area (Å²) in [5.74, 6) is -0.588. The molecule has 0 atom stereocenters. The predicted molar refractivity (Wildman–Crippen MR) is 149 cm³/mol. The molecule has 1 aromatic heterocycles. The van der Waals surface area contributed by atoms with Gasteiger partial charge in [-0.15, -0.1) is 0 Å². The van der Waals surface area contributed by atoms with E-state index in [1.165, 1.54) is 23.1 Å². The number of anilines is 1. The van der Waals surface area contributed by atoms with Crippen LogP contribution in [0.2, 0.25) is 0 Å². The van der Waals surface area contributed by atoms with Crippen molar-refractivity contribution in [1.29, 1.82) is 0 Å². The van der Waals surface area contributed by atoms with E-state index in [4.69, 9.17) is 9.15 Å². The van der Waals surface area contributed by atoms with Gasteiger partial charge in [0.1, 0.15) is 17.1 Å². The molecule has 0 aliphatic rings. The molecule has 11 heteroatoms. The van der Waals surface area contributed by atoms with Crippen LogP contribution in [0, 0.1) is 11.6 Å². The van der Waals surface area contributed by atoms with Gasteiger partial charge in [-0.3, -0.25) is 0 Å². The van der Waals surface area contributed by atoms with Gasteiger partial charge in [0.25, 0.3) is 0 Å². The molecular formula is C28H28F2N4O4S. The number of ether oxygens (including phenoxy) is 1. The van der Waals surface area contributed by atoms with Gasteiger partial charge in [0.2, 0.25) is 0 Å². The van der Waals surface area contributed by atoms with Crippen LogP contribution in [0.3, 0.4) is 0 Å². The van der Waals surface area contributed by atoms with Gasteiger partial charge in [-0.1, -0.05) is 24.3 Å². The lowest BCUT2D eigenvalue weighted by atomic mass is 9.97. The van der Waals surface area contributed by atoms with Crippen LogP contribution in [-0.2, 0) is 19.5 Å². The molecule has 204 valence electrons. The van der Waals surface area contributed by atoms with Crippen molar-refractivity contribution < 1.29 is 22.7 Å². The summed E-state index contributed by atoms with van der Waals surface area (Å²) >= 11 is 1.12. The second kappa shape index (κ2) is 12.7. The van der Waals surface area contributed by atoms with Crippen LogP contribution >= 0.6 is 12.1 Å². The number of benzene rings is 3. The van der Waals surface area contributed by atoms with Crippen molar-refractivity contribution in [2.24, 2.45) is 0 Å². The Morgan fingerprint density at radius 2 is 1.79 bits per heavy atom. The molecule has 4 aromatic rings. The van der Waals surface area contributed by atoms with E-state index in [0.29, 0.717) is 28.6 Å². The number of rotatable bonds is 10. The Labute approximate surface area is 228 Å². The molecule has 3 N–H and O–H groups in total. The van der Waals surface area contributed by atoms with Crippen molar-refractivity contribution in [2.75, 3.05) is 25.9 Å². The fourth-order valence-corrected chi connectivity index (χ4v) is 4.32. The van der Waals surface area contributed by atoms with Crippen molar-refractivity contribution in [1.82, 2.24) is 14.9 Å². The van der Waals surface area contributed by atoms with Crippen molar-refractivity contribution in [3.63, 3.8) is 0 Å². The Balaban J connectivity index is 1.72. The first-order chi connectivity index (χ1) is 18.8. The van der Waals surface area contributed by atoms with Crippen LogP contribution in [0.4, 0.5) is 19.3 Å². The number of nitrogens with zero attached hydrogens (tertiary/aromatic N) is 1. The third-order valence-corrected chi connectivity index (χ3v) is 6.44. The first kappa shape index (κ1) is 28.1. The van der Waals surface area contributed by atoms with E-state index < -0.39 is 17.5 Å². The molecule has 0 bridgehead atoms. The molecule has 39 heavy (non-hydrogen) atoms. The van der Waals surface area contributed by atoms with Crippen LogP contribution in [0.1, 0.15) is 22.3 Å². The summed E-state index contributed by atoms with van der Waals surface area (Å²) in [6.45, 7) is 0.662. The summed E-state index contributed by atoms with van der Waals surface area (Å²) in [6.07, 6.45) is -0.579. The van der Waals surface area contributed by atoms with Gasteiger partial charge >= 0.3 is 11.7 Å². The van der Waals surface area contributed by atoms with Gasteiger partial charge in [-0.05, 0) is 54.1 Å². The summed E-state index contributed by atoms with van der Waals surface area (Å²) in [6, 6.07) is 15.8. The molecule has 8 nitrogen and oxygen atoms in total. The lowest BCUT2D eigenvalue weighted by molar-refractivity contribution is 0.172. The Bertz CT molecular complexity index is 1530. The summed E-state index contributed by atoms with van der Waals surface area (Å²) in [7, 11) is 4.82. The third-order valence-electron chi connectivity index (χ3n) is 5.91. The van der Waals surface area contributed by atoms with Crippen molar-refractivity contribution in [3.05, 3.63) is 105 Å². The van der Waals surface area contributed by atoms with Crippen LogP contribution in [0.5, 0.6) is 5.75 Å². The smallest absolute Gasteiger partial charge is 0.414 e. The third kappa shape index (κ3) is 6.94. The average Bonchev–Trinajstić information content (AvgIpc) is 2.91. The molecule has 0 aliphatic heterocycles. The largest absolute Gasteiger partial charge is 0.422 e. The van der Waals surface area contributed by atoms with Crippen molar-refractivity contribution in [3.8, 4) is 5.75 Å². The summed E-state index contributed by atoms with van der Waals surface area (Å²) in [5, 5.41) is 3.90. The topological polar surface area (TPSA) is 95.8 Å². The fourth-order valence-electron chi connectivity index (χ4n) is 3.95. The molecule has 4 rings (SSSR count). The van der Waals surface area contributed by atoms with Gasteiger partial charge in [0.15, 0.2) is 5.82 Å². The molecule has 0 unspecified atom stereocenters. The number of carbonyl (C=O) groups is 1. The number of fused-ring (bicyclic) bond motifs is 1. The minimum atomic E-state index is -0.625. The highest BCUT2D eigenvalue weighted by molar-refractivity contribution is 7.98. The molecular weight excluding hydrogens is 526 g/mol. The standard InChI is InChI=1S/C28H28F2N4O4S/c1-31-39-33-24-6-4-5-18(26(24)30)13-22-23(16-32-15-17-7-9-19(29)10-8-17)21-12-11-20(37-28(36)34(2)3)14-25(21)38-27(22)35/h4-12,14,31-33H,13,15-16H2,1-3H3. The Kier molecular flexibility index (Phi) is 9.18. The number of hydrogen-bond acceptors (Lipinski definition) is 8. The molecule has 1 amide bonds. The predicted octanol–water partition coefficient (Wildman–Crippen LogP) is 5.21. The van der Waals surface area contributed by atoms with Crippen LogP contribution < -0.4 is 25.1 Å². The summed E-state index contributed by atoms with van der Waals surface area (Å²) in [5.41, 5.74) is 1.97. The SMILES string of the molecule is CNSNc1cccc(Cc2c(CNCc3ccc(F)cc3)c3ccc(OC(=O)N(C)C)cc3oc2=O)c1F. The number of nitrogens with one attached hydrogen (secondary N) is 3. The highest BCUT2D eigenvalue weighted by atomic mass is 32.2. The minimum Gasteiger partial charge on any atom is -0.422 e. The van der Waals surface area contributed by atoms with Crippen molar-refractivity contribution >= 4 is 34.9 Å². The highest BCUT2D eigenvalue weighted by Crippen LogP contribution is 2.28. The molecule has 3 aromatic carbocycles. The molecule has 1 heterocycles. The molecule has 0 spiro atoms. The van der Waals surface area contributed by atoms with Crippen LogP contribution in [0.15, 0.2) is 69.9 Å². The normalized spacial score (nSPS) is 11.0. The Morgan fingerprint density at radius 3 is 2.51 bits per heavy atom. The zero-order chi connectivity index (χ0) is 27.9. The van der Waals surface area contributed by atoms with Gasteiger partial charge in [-0.2, -0.15) is 0 Å². The van der Waals surface area contributed by atoms with Gasteiger partial charge < -0.3 is 24.1 Å². The lowest BCUT2D eigenvalue weighted by Gasteiger charge is -2.15. The van der Waals surface area contributed by atoms with Gasteiger partial charge in [-0.25, -0.2) is 23.1 Å². The van der Waals surface area contributed by atoms with E-state index in [-0.39, 0.29) is 35.8 Å². The summed E-state index contributed by atoms with van der Waals surface area (Å²) in [4.78, 5) is 26.5. The van der Waals surface area contributed by atoms with Gasteiger partial charge in [0, 0.05) is 62.8 Å². The first-order valence-electron chi connectivity index (χ1n) is 12.1. The molecule has 0 aliphatic carbocycles. The second-order valence-electron chi connectivity index (χ2n) is 8.86. The molecule has 0 saturated heterocycles. The maximum atomic E-state index is 15.3. The Morgan fingerprint density at radius 1 is 1.03 bits per heavy atom. The van der Waals surface area contributed by atoms with Crippen LogP contribution in [-0.4, -0.2) is 32.1 Å². The van der Waals surface area contributed by atoms with E-state index in [0.717, 1.165) is 17.7 Å². The first-order valence-corrected chi connectivity index (χ1v) is 12.9. The monoisotopic (exact) mass is 554 g/mol. The molecule has 0 saturated carbocycles. The Hall–Kier alpha value is -3.93. The number of halogens is 2. The maximum absolute atomic E-state index is 15.3. The van der Waals surface area contributed by atoms with Crippen LogP contribution in [0.25, 0.3) is 11.0 Å². The second-order valence-corrected chi connectivity index (χ2v) is 9.68. The zero-order valence-electron chi connectivity index (χ0n) is 21.6. The molecule has 0 radical (unpaired) electrons. The van der Waals surface area contributed by atoms with Crippen molar-refractivity contribution in [2.45, 2.75) is 19.5 Å². The maximum Gasteiger partial charge on any atom is 0.414 e. The molecule has 0 fully saturated rings. The number of hydrogen-bond donors (Lipinski definition) is 3. The van der Waals surface area contributed by atoms with E-state index >= 15 is 4.39 Å². The highest BCUT2D eigenvalue weighted by Gasteiger charge is 2.19. The average molecular weight is 555 g/mol. The lowest BCUT2D eigenvalue weighted by Crippen LogP contribution is -2.25. The van der Waals surface area contributed by atoms with E-state index in [2.05, 4.69) is 14.8 Å². The van der Waals surface area contributed by atoms with E-state index in [9.17, 15) is 14.0 Å².